The fourth-order valence-corrected chi connectivity index (χ4v) is 2.87. The highest BCUT2D eigenvalue weighted by Crippen LogP contribution is 2.30. The van der Waals surface area contributed by atoms with Crippen LogP contribution in [0.1, 0.15) is 13.8 Å². The predicted molar refractivity (Wildman–Crippen MR) is 85.1 cm³/mol. The molecule has 2 heterocycles. The number of hydrogen-bond donors (Lipinski definition) is 1. The van der Waals surface area contributed by atoms with E-state index < -0.39 is 0 Å². The lowest BCUT2D eigenvalue weighted by Gasteiger charge is -2.46. The molecule has 0 radical (unpaired) electrons. The number of nitrogen functional groups attached to an aromatic ring is 1. The zero-order valence-electron chi connectivity index (χ0n) is 12.4. The number of fused-ring (bicyclic) bond motifs is 1. The van der Waals surface area contributed by atoms with E-state index >= 15 is 0 Å². The molecule has 1 aromatic carbocycles. The Labute approximate surface area is 120 Å². The molecule has 4 heteroatoms. The van der Waals surface area contributed by atoms with Gasteiger partial charge in [0.05, 0.1) is 5.52 Å². The molecule has 0 unspecified atom stereocenters. The Morgan fingerprint density at radius 1 is 1.20 bits per heavy atom. The number of benzene rings is 1. The highest BCUT2D eigenvalue weighted by molar-refractivity contribution is 5.93. The van der Waals surface area contributed by atoms with Crippen LogP contribution < -0.4 is 10.6 Å². The van der Waals surface area contributed by atoms with Gasteiger partial charge in [-0.2, -0.15) is 0 Å². The maximum absolute atomic E-state index is 5.85. The summed E-state index contributed by atoms with van der Waals surface area (Å²) in [5.41, 5.74) is 9.03. The summed E-state index contributed by atoms with van der Waals surface area (Å²) in [5.74, 6) is 0. The molecule has 1 fully saturated rings. The molecule has 1 aliphatic rings. The predicted octanol–water partition coefficient (Wildman–Crippen LogP) is 2.35. The number of hydrogen-bond acceptors (Lipinski definition) is 4. The lowest BCUT2D eigenvalue weighted by atomic mass is 9.98. The van der Waals surface area contributed by atoms with Gasteiger partial charge in [-0.3, -0.25) is 9.88 Å². The standard InChI is InChI=1S/C16H22N4/c1-16(2)11-20(9-8-19(16)3)15-6-7-18-14-10-12(17)4-5-13(14)15/h4-7,10H,8-9,11,17H2,1-3H3. The van der Waals surface area contributed by atoms with Gasteiger partial charge in [0.25, 0.3) is 0 Å². The van der Waals surface area contributed by atoms with Gasteiger partial charge in [0, 0.05) is 48.1 Å². The van der Waals surface area contributed by atoms with E-state index in [1.54, 1.807) is 0 Å². The van der Waals surface area contributed by atoms with Gasteiger partial charge in [-0.05, 0) is 45.2 Å². The second-order valence-corrected chi connectivity index (χ2v) is 6.26. The van der Waals surface area contributed by atoms with Crippen LogP contribution in [0.15, 0.2) is 30.5 Å². The van der Waals surface area contributed by atoms with Crippen molar-refractivity contribution in [3.63, 3.8) is 0 Å². The Morgan fingerprint density at radius 3 is 2.75 bits per heavy atom. The Morgan fingerprint density at radius 2 is 2.00 bits per heavy atom. The molecule has 0 bridgehead atoms. The first kappa shape index (κ1) is 13.2. The second kappa shape index (κ2) is 4.63. The van der Waals surface area contributed by atoms with E-state index in [2.05, 4.69) is 47.8 Å². The average molecular weight is 270 g/mol. The fourth-order valence-electron chi connectivity index (χ4n) is 2.87. The van der Waals surface area contributed by atoms with Gasteiger partial charge in [0.1, 0.15) is 0 Å². The number of aromatic nitrogens is 1. The summed E-state index contributed by atoms with van der Waals surface area (Å²) < 4.78 is 0. The number of rotatable bonds is 1. The molecule has 0 aliphatic carbocycles. The molecule has 20 heavy (non-hydrogen) atoms. The van der Waals surface area contributed by atoms with Gasteiger partial charge in [0.15, 0.2) is 0 Å². The Balaban J connectivity index is 2.02. The summed E-state index contributed by atoms with van der Waals surface area (Å²) in [4.78, 5) is 9.31. The first-order valence-corrected chi connectivity index (χ1v) is 7.08. The first-order valence-electron chi connectivity index (χ1n) is 7.08. The third-order valence-electron chi connectivity index (χ3n) is 4.40. The highest BCUT2D eigenvalue weighted by Gasteiger charge is 2.31. The Kier molecular flexibility index (Phi) is 3.05. The van der Waals surface area contributed by atoms with Crippen LogP contribution >= 0.6 is 0 Å². The van der Waals surface area contributed by atoms with Crippen LogP contribution in [-0.4, -0.2) is 42.1 Å². The zero-order valence-corrected chi connectivity index (χ0v) is 12.4. The van der Waals surface area contributed by atoms with E-state index in [0.29, 0.717) is 0 Å². The first-order chi connectivity index (χ1) is 9.47. The van der Waals surface area contributed by atoms with Gasteiger partial charge in [-0.15, -0.1) is 0 Å². The summed E-state index contributed by atoms with van der Waals surface area (Å²) in [6, 6.07) is 8.09. The fraction of sp³-hybridized carbons (Fsp3) is 0.438. The number of likely N-dealkylation sites (N-methyl/N-ethyl adjacent to an activating group) is 1. The molecule has 2 N–H and O–H groups in total. The largest absolute Gasteiger partial charge is 0.399 e. The molecular formula is C16H22N4. The number of piperazine rings is 1. The van der Waals surface area contributed by atoms with E-state index in [1.807, 2.05) is 18.3 Å². The van der Waals surface area contributed by atoms with Crippen LogP contribution in [0.25, 0.3) is 10.9 Å². The van der Waals surface area contributed by atoms with Crippen molar-refractivity contribution in [2.75, 3.05) is 37.3 Å². The van der Waals surface area contributed by atoms with Crippen LogP contribution in [0.2, 0.25) is 0 Å². The maximum Gasteiger partial charge on any atom is 0.0743 e. The van der Waals surface area contributed by atoms with E-state index in [9.17, 15) is 0 Å². The van der Waals surface area contributed by atoms with Gasteiger partial charge < -0.3 is 10.6 Å². The second-order valence-electron chi connectivity index (χ2n) is 6.26. The molecule has 0 saturated carbocycles. The molecule has 106 valence electrons. The van der Waals surface area contributed by atoms with Crippen molar-refractivity contribution < 1.29 is 0 Å². The topological polar surface area (TPSA) is 45.4 Å². The summed E-state index contributed by atoms with van der Waals surface area (Å²) >= 11 is 0. The maximum atomic E-state index is 5.85. The van der Waals surface area contributed by atoms with Crippen LogP contribution in [0, 0.1) is 0 Å². The third-order valence-corrected chi connectivity index (χ3v) is 4.40. The number of anilines is 2. The molecule has 3 rings (SSSR count). The van der Waals surface area contributed by atoms with Gasteiger partial charge >= 0.3 is 0 Å². The van der Waals surface area contributed by atoms with Gasteiger partial charge in [-0.25, -0.2) is 0 Å². The van der Waals surface area contributed by atoms with Crippen molar-refractivity contribution in [1.29, 1.82) is 0 Å². The minimum absolute atomic E-state index is 0.182. The SMILES string of the molecule is CN1CCN(c2ccnc3cc(N)ccc23)CC1(C)C. The van der Waals surface area contributed by atoms with Crippen molar-refractivity contribution in [3.8, 4) is 0 Å². The van der Waals surface area contributed by atoms with Gasteiger partial charge in [0.2, 0.25) is 0 Å². The zero-order chi connectivity index (χ0) is 14.3. The number of nitrogens with two attached hydrogens (primary N) is 1. The molecule has 1 saturated heterocycles. The quantitative estimate of drug-likeness (QED) is 0.808. The molecular weight excluding hydrogens is 248 g/mol. The van der Waals surface area contributed by atoms with Crippen LogP contribution in [0.4, 0.5) is 11.4 Å². The van der Waals surface area contributed by atoms with Crippen molar-refractivity contribution in [2.45, 2.75) is 19.4 Å². The highest BCUT2D eigenvalue weighted by atomic mass is 15.3. The van der Waals surface area contributed by atoms with Crippen molar-refractivity contribution >= 4 is 22.3 Å². The number of nitrogens with zero attached hydrogens (tertiary/aromatic N) is 3. The molecule has 4 nitrogen and oxygen atoms in total. The summed E-state index contributed by atoms with van der Waals surface area (Å²) in [6.07, 6.45) is 1.88. The normalized spacial score (nSPS) is 19.4. The molecule has 0 amide bonds. The van der Waals surface area contributed by atoms with E-state index in [-0.39, 0.29) is 5.54 Å². The molecule has 1 aromatic heterocycles. The van der Waals surface area contributed by atoms with Gasteiger partial charge in [-0.1, -0.05) is 0 Å². The lowest BCUT2D eigenvalue weighted by Crippen LogP contribution is -2.57. The van der Waals surface area contributed by atoms with Crippen molar-refractivity contribution in [2.24, 2.45) is 0 Å². The van der Waals surface area contributed by atoms with E-state index in [4.69, 9.17) is 5.73 Å². The van der Waals surface area contributed by atoms with E-state index in [0.717, 1.165) is 30.8 Å². The van der Waals surface area contributed by atoms with Crippen LogP contribution in [0.3, 0.4) is 0 Å². The molecule has 1 aliphatic heterocycles. The van der Waals surface area contributed by atoms with Crippen LogP contribution in [0.5, 0.6) is 0 Å². The van der Waals surface area contributed by atoms with Crippen molar-refractivity contribution in [3.05, 3.63) is 30.5 Å². The third kappa shape index (κ3) is 2.20. The monoisotopic (exact) mass is 270 g/mol. The number of pyridine rings is 1. The molecule has 0 atom stereocenters. The van der Waals surface area contributed by atoms with E-state index in [1.165, 1.54) is 11.1 Å². The summed E-state index contributed by atoms with van der Waals surface area (Å²) in [5, 5.41) is 1.18. The van der Waals surface area contributed by atoms with Crippen molar-refractivity contribution in [1.82, 2.24) is 9.88 Å². The minimum Gasteiger partial charge on any atom is -0.399 e. The summed E-state index contributed by atoms with van der Waals surface area (Å²) in [7, 11) is 2.20. The smallest absolute Gasteiger partial charge is 0.0743 e. The minimum atomic E-state index is 0.182. The molecule has 2 aromatic rings. The average Bonchev–Trinajstić information content (AvgIpc) is 2.41. The Bertz CT molecular complexity index is 635. The van der Waals surface area contributed by atoms with Crippen LogP contribution in [-0.2, 0) is 0 Å². The lowest BCUT2D eigenvalue weighted by molar-refractivity contribution is 0.139. The molecule has 0 spiro atoms. The Hall–Kier alpha value is -1.81. The summed E-state index contributed by atoms with van der Waals surface area (Å²) in [6.45, 7) is 7.73.